The molecule has 0 amide bonds. The van der Waals surface area contributed by atoms with E-state index in [1.54, 1.807) is 6.07 Å². The first-order valence-electron chi connectivity index (χ1n) is 5.73. The average Bonchev–Trinajstić information content (AvgIpc) is 2.82. The SMILES string of the molecule is Nc1cc(NCc2ccc3c(c2)OCO3)nc(N)n1. The third-order valence-electron chi connectivity index (χ3n) is 2.67. The number of fused-ring (bicyclic) bond motifs is 1. The van der Waals surface area contributed by atoms with Gasteiger partial charge in [0.25, 0.3) is 0 Å². The molecule has 3 rings (SSSR count). The topological polar surface area (TPSA) is 108 Å². The largest absolute Gasteiger partial charge is 0.454 e. The zero-order valence-electron chi connectivity index (χ0n) is 10.1. The van der Waals surface area contributed by atoms with Gasteiger partial charge >= 0.3 is 0 Å². The Labute approximate surface area is 109 Å². The van der Waals surface area contributed by atoms with Crippen LogP contribution in [0.3, 0.4) is 0 Å². The molecule has 1 aliphatic rings. The first kappa shape index (κ1) is 11.4. The normalized spacial score (nSPS) is 12.4. The summed E-state index contributed by atoms with van der Waals surface area (Å²) in [6.45, 7) is 0.845. The summed E-state index contributed by atoms with van der Waals surface area (Å²) in [5.74, 6) is 2.58. The van der Waals surface area contributed by atoms with E-state index in [9.17, 15) is 0 Å². The molecule has 1 aromatic carbocycles. The highest BCUT2D eigenvalue weighted by molar-refractivity contribution is 5.50. The molecule has 7 nitrogen and oxygen atoms in total. The fourth-order valence-corrected chi connectivity index (χ4v) is 1.82. The highest BCUT2D eigenvalue weighted by Crippen LogP contribution is 2.32. The van der Waals surface area contributed by atoms with Gasteiger partial charge in [-0.2, -0.15) is 9.97 Å². The van der Waals surface area contributed by atoms with E-state index in [0.29, 0.717) is 18.2 Å². The Kier molecular flexibility index (Phi) is 2.71. The molecule has 19 heavy (non-hydrogen) atoms. The van der Waals surface area contributed by atoms with E-state index >= 15 is 0 Å². The lowest BCUT2D eigenvalue weighted by Gasteiger charge is -2.07. The number of benzene rings is 1. The smallest absolute Gasteiger partial charge is 0.231 e. The third kappa shape index (κ3) is 2.44. The van der Waals surface area contributed by atoms with Crippen molar-refractivity contribution in [3.63, 3.8) is 0 Å². The summed E-state index contributed by atoms with van der Waals surface area (Å²) in [7, 11) is 0. The molecule has 7 heteroatoms. The van der Waals surface area contributed by atoms with E-state index in [0.717, 1.165) is 17.1 Å². The molecule has 2 aromatic rings. The molecule has 1 aliphatic heterocycles. The predicted octanol–water partition coefficient (Wildman–Crippen LogP) is 0.982. The highest BCUT2D eigenvalue weighted by Gasteiger charge is 2.13. The Morgan fingerprint density at radius 3 is 2.79 bits per heavy atom. The summed E-state index contributed by atoms with van der Waals surface area (Å²) >= 11 is 0. The second-order valence-corrected chi connectivity index (χ2v) is 4.08. The first-order chi connectivity index (χ1) is 9.20. The van der Waals surface area contributed by atoms with Crippen molar-refractivity contribution < 1.29 is 9.47 Å². The lowest BCUT2D eigenvalue weighted by Crippen LogP contribution is -2.06. The van der Waals surface area contributed by atoms with Gasteiger partial charge in [0.05, 0.1) is 0 Å². The number of rotatable bonds is 3. The number of nitrogens with two attached hydrogens (primary N) is 2. The van der Waals surface area contributed by atoms with Crippen LogP contribution in [0.2, 0.25) is 0 Å². The molecule has 0 aliphatic carbocycles. The second kappa shape index (κ2) is 4.52. The van der Waals surface area contributed by atoms with Gasteiger partial charge in [-0.1, -0.05) is 6.07 Å². The van der Waals surface area contributed by atoms with Gasteiger partial charge in [-0.15, -0.1) is 0 Å². The standard InChI is InChI=1S/C12H13N5O2/c13-10-4-11(17-12(14)16-10)15-5-7-1-2-8-9(3-7)19-6-18-8/h1-4H,5-6H2,(H5,13,14,15,16,17). The predicted molar refractivity (Wildman–Crippen MR) is 70.7 cm³/mol. The maximum absolute atomic E-state index is 5.59. The van der Waals surface area contributed by atoms with Gasteiger partial charge in [-0.25, -0.2) is 0 Å². The van der Waals surface area contributed by atoms with E-state index in [4.69, 9.17) is 20.9 Å². The number of hydrogen-bond donors (Lipinski definition) is 3. The molecule has 0 fully saturated rings. The molecule has 98 valence electrons. The van der Waals surface area contributed by atoms with Crippen molar-refractivity contribution >= 4 is 17.6 Å². The molecule has 5 N–H and O–H groups in total. The van der Waals surface area contributed by atoms with Crippen molar-refractivity contribution in [3.8, 4) is 11.5 Å². The minimum Gasteiger partial charge on any atom is -0.454 e. The van der Waals surface area contributed by atoms with Crippen molar-refractivity contribution in [2.75, 3.05) is 23.6 Å². The van der Waals surface area contributed by atoms with Crippen LogP contribution in [-0.4, -0.2) is 16.8 Å². The van der Waals surface area contributed by atoms with E-state index in [-0.39, 0.29) is 12.7 Å². The number of nitrogen functional groups attached to an aromatic ring is 2. The van der Waals surface area contributed by atoms with Crippen molar-refractivity contribution in [2.24, 2.45) is 0 Å². The molecule has 0 saturated carbocycles. The molecule has 0 radical (unpaired) electrons. The molecule has 2 heterocycles. The lowest BCUT2D eigenvalue weighted by molar-refractivity contribution is 0.174. The maximum atomic E-state index is 5.59. The van der Waals surface area contributed by atoms with Crippen LogP contribution in [0, 0.1) is 0 Å². The van der Waals surface area contributed by atoms with Crippen molar-refractivity contribution in [1.29, 1.82) is 0 Å². The Bertz CT molecular complexity index is 597. The van der Waals surface area contributed by atoms with Gasteiger partial charge in [0.15, 0.2) is 11.5 Å². The van der Waals surface area contributed by atoms with Crippen molar-refractivity contribution in [2.45, 2.75) is 6.54 Å². The van der Waals surface area contributed by atoms with Crippen LogP contribution in [0.25, 0.3) is 0 Å². The van der Waals surface area contributed by atoms with Gasteiger partial charge in [0, 0.05) is 12.6 Å². The Balaban J connectivity index is 1.72. The van der Waals surface area contributed by atoms with Gasteiger partial charge in [0.1, 0.15) is 11.6 Å². The minimum atomic E-state index is 0.146. The molecule has 0 bridgehead atoms. The van der Waals surface area contributed by atoms with Gasteiger partial charge in [0.2, 0.25) is 12.7 Å². The maximum Gasteiger partial charge on any atom is 0.231 e. The van der Waals surface area contributed by atoms with Crippen LogP contribution in [-0.2, 0) is 6.54 Å². The Hall–Kier alpha value is -2.70. The zero-order valence-corrected chi connectivity index (χ0v) is 10.1. The van der Waals surface area contributed by atoms with E-state index in [1.807, 2.05) is 18.2 Å². The summed E-state index contributed by atoms with van der Waals surface area (Å²) in [5.41, 5.74) is 12.2. The highest BCUT2D eigenvalue weighted by atomic mass is 16.7. The number of aromatic nitrogens is 2. The number of hydrogen-bond acceptors (Lipinski definition) is 7. The summed E-state index contributed by atoms with van der Waals surface area (Å²) in [5, 5.41) is 3.13. The van der Waals surface area contributed by atoms with Crippen LogP contribution in [0.15, 0.2) is 24.3 Å². The zero-order chi connectivity index (χ0) is 13.2. The van der Waals surface area contributed by atoms with Crippen LogP contribution in [0.4, 0.5) is 17.6 Å². The van der Waals surface area contributed by atoms with Crippen LogP contribution >= 0.6 is 0 Å². The quantitative estimate of drug-likeness (QED) is 0.753. The van der Waals surface area contributed by atoms with E-state index in [1.165, 1.54) is 0 Å². The summed E-state index contributed by atoms with van der Waals surface area (Å²) in [6, 6.07) is 7.38. The summed E-state index contributed by atoms with van der Waals surface area (Å²) in [4.78, 5) is 7.85. The van der Waals surface area contributed by atoms with Crippen molar-refractivity contribution in [3.05, 3.63) is 29.8 Å². The monoisotopic (exact) mass is 259 g/mol. The van der Waals surface area contributed by atoms with Gasteiger partial charge in [-0.05, 0) is 17.7 Å². The number of anilines is 3. The fourth-order valence-electron chi connectivity index (χ4n) is 1.82. The molecular weight excluding hydrogens is 246 g/mol. The van der Waals surface area contributed by atoms with E-state index < -0.39 is 0 Å². The molecule has 0 unspecified atom stereocenters. The fraction of sp³-hybridized carbons (Fsp3) is 0.167. The average molecular weight is 259 g/mol. The van der Waals surface area contributed by atoms with E-state index in [2.05, 4.69) is 15.3 Å². The summed E-state index contributed by atoms with van der Waals surface area (Å²) in [6.07, 6.45) is 0. The third-order valence-corrected chi connectivity index (χ3v) is 2.67. The van der Waals surface area contributed by atoms with Crippen LogP contribution in [0.1, 0.15) is 5.56 Å². The number of ether oxygens (including phenoxy) is 2. The number of nitrogens with zero attached hydrogens (tertiary/aromatic N) is 2. The molecule has 0 saturated heterocycles. The van der Waals surface area contributed by atoms with Gasteiger partial charge in [-0.3, -0.25) is 0 Å². The van der Waals surface area contributed by atoms with Crippen LogP contribution in [0.5, 0.6) is 11.5 Å². The molecule has 0 spiro atoms. The molecular formula is C12H13N5O2. The molecule has 0 atom stereocenters. The Morgan fingerprint density at radius 2 is 1.95 bits per heavy atom. The first-order valence-corrected chi connectivity index (χ1v) is 5.73. The minimum absolute atomic E-state index is 0.146. The van der Waals surface area contributed by atoms with Gasteiger partial charge < -0.3 is 26.3 Å². The lowest BCUT2D eigenvalue weighted by atomic mass is 10.2. The van der Waals surface area contributed by atoms with Crippen molar-refractivity contribution in [1.82, 2.24) is 9.97 Å². The second-order valence-electron chi connectivity index (χ2n) is 4.08. The summed E-state index contributed by atoms with van der Waals surface area (Å²) < 4.78 is 10.6. The van der Waals surface area contributed by atoms with Crippen LogP contribution < -0.4 is 26.3 Å². The molecule has 1 aromatic heterocycles. The number of nitrogens with one attached hydrogen (secondary N) is 1. The Morgan fingerprint density at radius 1 is 1.11 bits per heavy atom.